The predicted molar refractivity (Wildman–Crippen MR) is 155 cm³/mol. The molecule has 218 valence electrons. The molecule has 4 aromatic rings. The summed E-state index contributed by atoms with van der Waals surface area (Å²) in [6, 6.07) is 21.5. The van der Waals surface area contributed by atoms with Crippen LogP contribution >= 0.6 is 0 Å². The Morgan fingerprint density at radius 1 is 0.857 bits per heavy atom. The van der Waals surface area contributed by atoms with Gasteiger partial charge < -0.3 is 9.64 Å². The van der Waals surface area contributed by atoms with Gasteiger partial charge in [-0.1, -0.05) is 36.4 Å². The summed E-state index contributed by atoms with van der Waals surface area (Å²) in [7, 11) is -3.34. The van der Waals surface area contributed by atoms with Gasteiger partial charge in [-0.15, -0.1) is 0 Å². The molecule has 6 nitrogen and oxygen atoms in total. The van der Waals surface area contributed by atoms with E-state index in [1.807, 2.05) is 41.3 Å². The molecule has 0 atom stereocenters. The van der Waals surface area contributed by atoms with Crippen LogP contribution in [0.4, 0.5) is 19.0 Å². The SMILES string of the molecule is O=S(=O)(Cc1ccc(-c2ccc3c(c2)CCC2(CCN(c4ccc(C(F)(F)F)cn4)CC2)O3)cc1)Cc1ccccn1. The van der Waals surface area contributed by atoms with Crippen molar-refractivity contribution < 1.29 is 26.3 Å². The summed E-state index contributed by atoms with van der Waals surface area (Å²) >= 11 is 0. The second-order valence-corrected chi connectivity index (χ2v) is 13.1. The molecule has 0 N–H and O–H groups in total. The Morgan fingerprint density at radius 2 is 1.62 bits per heavy atom. The molecule has 1 spiro atoms. The average molecular weight is 594 g/mol. The molecular weight excluding hydrogens is 563 g/mol. The van der Waals surface area contributed by atoms with Crippen molar-refractivity contribution in [3.63, 3.8) is 0 Å². The van der Waals surface area contributed by atoms with Crippen molar-refractivity contribution in [1.29, 1.82) is 0 Å². The molecule has 10 heteroatoms. The number of benzene rings is 2. The van der Waals surface area contributed by atoms with Crippen molar-refractivity contribution in [3.8, 4) is 16.9 Å². The van der Waals surface area contributed by atoms with Gasteiger partial charge in [0.1, 0.15) is 17.2 Å². The molecule has 42 heavy (non-hydrogen) atoms. The molecular formula is C32H30F3N3O3S. The standard InChI is InChI=1S/C32H30F3N3O3S/c33-32(34,35)27-9-11-30(37-20-27)38-17-14-31(15-18-38)13-12-26-19-25(8-10-29(26)41-31)24-6-4-23(5-7-24)21-42(39,40)22-28-3-1-2-16-36-28/h1-11,16,19-20H,12-15,17-18,21-22H2. The summed E-state index contributed by atoms with van der Waals surface area (Å²) < 4.78 is 70.5. The highest BCUT2D eigenvalue weighted by Crippen LogP contribution is 2.41. The molecule has 6 rings (SSSR count). The van der Waals surface area contributed by atoms with Gasteiger partial charge >= 0.3 is 6.18 Å². The zero-order valence-electron chi connectivity index (χ0n) is 22.8. The van der Waals surface area contributed by atoms with E-state index in [9.17, 15) is 21.6 Å². The molecule has 2 aromatic carbocycles. The van der Waals surface area contributed by atoms with E-state index >= 15 is 0 Å². The van der Waals surface area contributed by atoms with Crippen molar-refractivity contribution in [2.75, 3.05) is 18.0 Å². The Bertz CT molecular complexity index is 1650. The Balaban J connectivity index is 1.08. The van der Waals surface area contributed by atoms with Crippen molar-refractivity contribution in [2.24, 2.45) is 0 Å². The molecule has 0 aliphatic carbocycles. The highest BCUT2D eigenvalue weighted by molar-refractivity contribution is 7.89. The number of nitrogens with zero attached hydrogens (tertiary/aromatic N) is 3. The number of fused-ring (bicyclic) bond motifs is 1. The molecule has 0 unspecified atom stereocenters. The maximum atomic E-state index is 12.9. The Hall–Kier alpha value is -3.92. The van der Waals surface area contributed by atoms with Gasteiger partial charge in [-0.25, -0.2) is 13.4 Å². The topological polar surface area (TPSA) is 72.4 Å². The Labute approximate surface area is 243 Å². The van der Waals surface area contributed by atoms with Crippen LogP contribution in [-0.2, 0) is 33.9 Å². The molecule has 0 amide bonds. The number of anilines is 1. The molecule has 1 fully saturated rings. The summed E-state index contributed by atoms with van der Waals surface area (Å²) in [6.07, 6.45) is 1.35. The Kier molecular flexibility index (Phi) is 7.43. The van der Waals surface area contributed by atoms with Crippen molar-refractivity contribution >= 4 is 15.7 Å². The van der Waals surface area contributed by atoms with Crippen LogP contribution < -0.4 is 9.64 Å². The molecule has 0 bridgehead atoms. The van der Waals surface area contributed by atoms with Gasteiger partial charge in [0.25, 0.3) is 0 Å². The number of alkyl halides is 3. The quantitative estimate of drug-likeness (QED) is 0.250. The molecule has 2 aliphatic heterocycles. The number of hydrogen-bond donors (Lipinski definition) is 0. The van der Waals surface area contributed by atoms with E-state index in [2.05, 4.69) is 16.0 Å². The number of ether oxygens (including phenoxy) is 1. The van der Waals surface area contributed by atoms with Crippen LogP contribution in [-0.4, -0.2) is 37.1 Å². The van der Waals surface area contributed by atoms with E-state index in [1.54, 1.807) is 24.4 Å². The van der Waals surface area contributed by atoms with E-state index in [0.29, 0.717) is 24.6 Å². The summed E-state index contributed by atoms with van der Waals surface area (Å²) in [5.74, 6) is 1.28. The fraction of sp³-hybridized carbons (Fsp3) is 0.312. The first kappa shape index (κ1) is 28.2. The minimum absolute atomic E-state index is 0.0453. The van der Waals surface area contributed by atoms with Gasteiger partial charge in [-0.05, 0) is 71.5 Å². The molecule has 0 radical (unpaired) electrons. The molecule has 0 saturated carbocycles. The number of aryl methyl sites for hydroxylation is 1. The lowest BCUT2D eigenvalue weighted by atomic mass is 9.82. The number of halogens is 3. The third-order valence-corrected chi connectivity index (χ3v) is 9.59. The number of piperidine rings is 1. The molecule has 1 saturated heterocycles. The third-order valence-electron chi connectivity index (χ3n) is 8.08. The molecule has 2 aromatic heterocycles. The number of rotatable bonds is 6. The first-order valence-corrected chi connectivity index (χ1v) is 15.7. The van der Waals surface area contributed by atoms with E-state index in [4.69, 9.17) is 4.74 Å². The van der Waals surface area contributed by atoms with Gasteiger partial charge in [0.05, 0.1) is 22.8 Å². The first-order chi connectivity index (χ1) is 20.1. The smallest absolute Gasteiger partial charge is 0.417 e. The largest absolute Gasteiger partial charge is 0.487 e. The lowest BCUT2D eigenvalue weighted by molar-refractivity contribution is -0.137. The molecule has 2 aliphatic rings. The lowest BCUT2D eigenvalue weighted by Crippen LogP contribution is -2.50. The van der Waals surface area contributed by atoms with Gasteiger partial charge in [0, 0.05) is 38.3 Å². The van der Waals surface area contributed by atoms with E-state index < -0.39 is 21.6 Å². The van der Waals surface area contributed by atoms with E-state index in [0.717, 1.165) is 65.9 Å². The van der Waals surface area contributed by atoms with Crippen LogP contribution in [0.15, 0.2) is 85.2 Å². The second-order valence-electron chi connectivity index (χ2n) is 11.0. The number of sulfone groups is 1. The van der Waals surface area contributed by atoms with Crippen molar-refractivity contribution in [3.05, 3.63) is 108 Å². The maximum absolute atomic E-state index is 12.9. The number of aromatic nitrogens is 2. The molecule has 4 heterocycles. The summed E-state index contributed by atoms with van der Waals surface area (Å²) in [5, 5.41) is 0. The first-order valence-electron chi connectivity index (χ1n) is 13.9. The minimum atomic E-state index is -4.39. The van der Waals surface area contributed by atoms with Crippen molar-refractivity contribution in [2.45, 2.75) is 49.0 Å². The highest BCUT2D eigenvalue weighted by atomic mass is 32.2. The van der Waals surface area contributed by atoms with E-state index in [-0.39, 0.29) is 17.1 Å². The average Bonchev–Trinajstić information content (AvgIpc) is 2.97. The van der Waals surface area contributed by atoms with Crippen LogP contribution in [0.1, 0.15) is 41.6 Å². The zero-order valence-corrected chi connectivity index (χ0v) is 23.7. The van der Waals surface area contributed by atoms with Crippen LogP contribution in [0.25, 0.3) is 11.1 Å². The fourth-order valence-corrected chi connectivity index (χ4v) is 7.17. The van der Waals surface area contributed by atoms with Crippen LogP contribution in [0.5, 0.6) is 5.75 Å². The highest BCUT2D eigenvalue weighted by Gasteiger charge is 2.40. The Morgan fingerprint density at radius 3 is 2.29 bits per heavy atom. The normalized spacial score (nSPS) is 16.6. The van der Waals surface area contributed by atoms with Gasteiger partial charge in [0.15, 0.2) is 9.84 Å². The third kappa shape index (κ3) is 6.28. The maximum Gasteiger partial charge on any atom is 0.417 e. The fourth-order valence-electron chi connectivity index (χ4n) is 5.74. The second kappa shape index (κ2) is 11.1. The monoisotopic (exact) mass is 593 g/mol. The van der Waals surface area contributed by atoms with Gasteiger partial charge in [0.2, 0.25) is 0 Å². The van der Waals surface area contributed by atoms with Gasteiger partial charge in [-0.2, -0.15) is 13.2 Å². The van der Waals surface area contributed by atoms with E-state index in [1.165, 1.54) is 6.07 Å². The van der Waals surface area contributed by atoms with Crippen LogP contribution in [0.2, 0.25) is 0 Å². The van der Waals surface area contributed by atoms with Crippen LogP contribution in [0, 0.1) is 0 Å². The summed E-state index contributed by atoms with van der Waals surface area (Å²) in [5.41, 5.74) is 3.41. The number of pyridine rings is 2. The summed E-state index contributed by atoms with van der Waals surface area (Å²) in [6.45, 7) is 1.32. The van der Waals surface area contributed by atoms with Crippen LogP contribution in [0.3, 0.4) is 0 Å². The van der Waals surface area contributed by atoms with Crippen molar-refractivity contribution in [1.82, 2.24) is 9.97 Å². The number of hydrogen-bond acceptors (Lipinski definition) is 6. The van der Waals surface area contributed by atoms with Gasteiger partial charge in [-0.3, -0.25) is 4.98 Å². The minimum Gasteiger partial charge on any atom is -0.487 e. The predicted octanol–water partition coefficient (Wildman–Crippen LogP) is 6.64. The zero-order chi connectivity index (χ0) is 29.4. The lowest BCUT2D eigenvalue weighted by Gasteiger charge is -2.45. The summed E-state index contributed by atoms with van der Waals surface area (Å²) in [4.78, 5) is 10.2.